The van der Waals surface area contributed by atoms with Gasteiger partial charge in [-0.3, -0.25) is 4.57 Å². The van der Waals surface area contributed by atoms with Gasteiger partial charge in [0.25, 0.3) is 0 Å². The zero-order valence-corrected chi connectivity index (χ0v) is 11.6. The Morgan fingerprint density at radius 3 is 2.95 bits per heavy atom. The summed E-state index contributed by atoms with van der Waals surface area (Å²) in [6, 6.07) is 9.44. The fourth-order valence-corrected chi connectivity index (χ4v) is 2.46. The molecule has 3 aromatic rings. The van der Waals surface area contributed by atoms with Gasteiger partial charge in [-0.05, 0) is 30.4 Å². The molecule has 2 aromatic heterocycles. The van der Waals surface area contributed by atoms with E-state index in [9.17, 15) is 0 Å². The standard InChI is InChI=1S/C13H10ClN3OS/c1-18-11-5-3-2-4-10(11)17-12-9(16-13(17)19)6-8(14)7-15-12/h2-7H,1H3,(H,16,19). The number of aromatic amines is 1. The highest BCUT2D eigenvalue weighted by atomic mass is 35.5. The second kappa shape index (κ2) is 4.68. The minimum atomic E-state index is 0.550. The van der Waals surface area contributed by atoms with Crippen molar-refractivity contribution >= 4 is 35.0 Å². The molecular formula is C13H10ClN3OS. The smallest absolute Gasteiger partial charge is 0.184 e. The lowest BCUT2D eigenvalue weighted by Gasteiger charge is -2.09. The zero-order chi connectivity index (χ0) is 13.4. The number of ether oxygens (including phenoxy) is 1. The molecule has 0 bridgehead atoms. The zero-order valence-electron chi connectivity index (χ0n) is 10.1. The summed E-state index contributed by atoms with van der Waals surface area (Å²) in [6.07, 6.45) is 1.60. The van der Waals surface area contributed by atoms with E-state index in [0.29, 0.717) is 9.79 Å². The predicted molar refractivity (Wildman–Crippen MR) is 77.8 cm³/mol. The fraction of sp³-hybridized carbons (Fsp3) is 0.0769. The number of fused-ring (bicyclic) bond motifs is 1. The van der Waals surface area contributed by atoms with Gasteiger partial charge in [0.2, 0.25) is 0 Å². The van der Waals surface area contributed by atoms with Gasteiger partial charge in [-0.2, -0.15) is 0 Å². The molecule has 19 heavy (non-hydrogen) atoms. The Kier molecular flexibility index (Phi) is 3.00. The summed E-state index contributed by atoms with van der Waals surface area (Å²) in [7, 11) is 1.63. The number of H-pyrrole nitrogens is 1. The summed E-state index contributed by atoms with van der Waals surface area (Å²) in [5.41, 5.74) is 2.36. The monoisotopic (exact) mass is 291 g/mol. The van der Waals surface area contributed by atoms with E-state index < -0.39 is 0 Å². The number of methoxy groups -OCH3 is 1. The molecule has 0 atom stereocenters. The summed E-state index contributed by atoms with van der Waals surface area (Å²) in [6.45, 7) is 0. The molecule has 0 aliphatic carbocycles. The third-order valence-electron chi connectivity index (χ3n) is 2.82. The number of para-hydroxylation sites is 2. The van der Waals surface area contributed by atoms with Crippen molar-refractivity contribution in [3.05, 3.63) is 46.3 Å². The molecule has 0 unspecified atom stereocenters. The Morgan fingerprint density at radius 1 is 1.37 bits per heavy atom. The Hall–Kier alpha value is -1.85. The van der Waals surface area contributed by atoms with Crippen LogP contribution in [0, 0.1) is 4.77 Å². The summed E-state index contributed by atoms with van der Waals surface area (Å²) in [5, 5.41) is 0.566. The molecule has 0 spiro atoms. The lowest BCUT2D eigenvalue weighted by Crippen LogP contribution is -1.98. The van der Waals surface area contributed by atoms with E-state index in [1.54, 1.807) is 19.4 Å². The van der Waals surface area contributed by atoms with Gasteiger partial charge < -0.3 is 9.72 Å². The molecule has 2 heterocycles. The largest absolute Gasteiger partial charge is 0.495 e. The highest BCUT2D eigenvalue weighted by Crippen LogP contribution is 2.26. The molecule has 4 nitrogen and oxygen atoms in total. The summed E-state index contributed by atoms with van der Waals surface area (Å²) in [4.78, 5) is 7.42. The fourth-order valence-electron chi connectivity index (χ4n) is 2.01. The minimum absolute atomic E-state index is 0.550. The van der Waals surface area contributed by atoms with Crippen LogP contribution in [0.5, 0.6) is 5.75 Å². The highest BCUT2D eigenvalue weighted by molar-refractivity contribution is 7.71. The molecule has 0 aliphatic rings. The second-order valence-electron chi connectivity index (χ2n) is 3.96. The number of nitrogens with one attached hydrogen (secondary N) is 1. The normalized spacial score (nSPS) is 10.8. The maximum Gasteiger partial charge on any atom is 0.184 e. The first-order valence-electron chi connectivity index (χ1n) is 5.60. The second-order valence-corrected chi connectivity index (χ2v) is 4.79. The number of pyridine rings is 1. The molecule has 0 saturated carbocycles. The van der Waals surface area contributed by atoms with Crippen molar-refractivity contribution in [2.45, 2.75) is 0 Å². The summed E-state index contributed by atoms with van der Waals surface area (Å²) >= 11 is 11.3. The van der Waals surface area contributed by atoms with Gasteiger partial charge in [-0.1, -0.05) is 23.7 Å². The van der Waals surface area contributed by atoms with E-state index in [-0.39, 0.29) is 0 Å². The molecule has 96 valence electrons. The van der Waals surface area contributed by atoms with Crippen LogP contribution in [0.3, 0.4) is 0 Å². The number of benzene rings is 1. The molecule has 1 aromatic carbocycles. The van der Waals surface area contributed by atoms with Crippen LogP contribution in [0.1, 0.15) is 0 Å². The number of hydrogen-bond acceptors (Lipinski definition) is 3. The number of halogens is 1. The number of nitrogens with zero attached hydrogens (tertiary/aromatic N) is 2. The Balaban J connectivity index is 2.36. The van der Waals surface area contributed by atoms with Gasteiger partial charge in [0.15, 0.2) is 10.4 Å². The lowest BCUT2D eigenvalue weighted by molar-refractivity contribution is 0.413. The van der Waals surface area contributed by atoms with Crippen molar-refractivity contribution in [2.24, 2.45) is 0 Å². The molecule has 0 aliphatic heterocycles. The van der Waals surface area contributed by atoms with Crippen LogP contribution >= 0.6 is 23.8 Å². The van der Waals surface area contributed by atoms with Crippen molar-refractivity contribution in [3.8, 4) is 11.4 Å². The van der Waals surface area contributed by atoms with E-state index in [1.165, 1.54) is 0 Å². The Bertz CT molecular complexity index is 809. The van der Waals surface area contributed by atoms with Crippen LogP contribution < -0.4 is 4.74 Å². The van der Waals surface area contributed by atoms with Crippen molar-refractivity contribution in [2.75, 3.05) is 7.11 Å². The van der Waals surface area contributed by atoms with Gasteiger partial charge in [-0.25, -0.2) is 4.98 Å². The van der Waals surface area contributed by atoms with Gasteiger partial charge in [0.1, 0.15) is 5.75 Å². The average molecular weight is 292 g/mol. The van der Waals surface area contributed by atoms with E-state index in [4.69, 9.17) is 28.6 Å². The first kappa shape index (κ1) is 12.2. The quantitative estimate of drug-likeness (QED) is 0.731. The van der Waals surface area contributed by atoms with Crippen molar-refractivity contribution in [1.29, 1.82) is 0 Å². The van der Waals surface area contributed by atoms with Crippen LogP contribution in [-0.2, 0) is 0 Å². The SMILES string of the molecule is COc1ccccc1-n1c(=S)[nH]c2cc(Cl)cnc21. The van der Waals surface area contributed by atoms with Crippen molar-refractivity contribution in [3.63, 3.8) is 0 Å². The van der Waals surface area contributed by atoms with Gasteiger partial charge in [0.05, 0.1) is 23.3 Å². The molecule has 1 N–H and O–H groups in total. The predicted octanol–water partition coefficient (Wildman–Crippen LogP) is 3.75. The number of aromatic nitrogens is 3. The van der Waals surface area contributed by atoms with Gasteiger partial charge >= 0.3 is 0 Å². The Labute approximate surface area is 119 Å². The van der Waals surface area contributed by atoms with Gasteiger partial charge in [0, 0.05) is 6.20 Å². The average Bonchev–Trinajstić information content (AvgIpc) is 2.73. The summed E-state index contributed by atoms with van der Waals surface area (Å²) in [5.74, 6) is 0.733. The van der Waals surface area contributed by atoms with Crippen molar-refractivity contribution in [1.82, 2.24) is 14.5 Å². The number of imidazole rings is 1. The van der Waals surface area contributed by atoms with Crippen LogP contribution in [0.25, 0.3) is 16.9 Å². The molecule has 0 saturated heterocycles. The van der Waals surface area contributed by atoms with Crippen LogP contribution in [0.15, 0.2) is 36.5 Å². The minimum Gasteiger partial charge on any atom is -0.495 e. The summed E-state index contributed by atoms with van der Waals surface area (Å²) < 4.78 is 7.75. The van der Waals surface area contributed by atoms with Gasteiger partial charge in [-0.15, -0.1) is 0 Å². The molecular weight excluding hydrogens is 282 g/mol. The first-order valence-corrected chi connectivity index (χ1v) is 6.39. The maximum atomic E-state index is 5.93. The Morgan fingerprint density at radius 2 is 2.16 bits per heavy atom. The maximum absolute atomic E-state index is 5.93. The number of rotatable bonds is 2. The molecule has 6 heteroatoms. The third-order valence-corrected chi connectivity index (χ3v) is 3.31. The van der Waals surface area contributed by atoms with E-state index >= 15 is 0 Å². The first-order chi connectivity index (χ1) is 9.20. The highest BCUT2D eigenvalue weighted by Gasteiger charge is 2.11. The van der Waals surface area contributed by atoms with Crippen LogP contribution in [-0.4, -0.2) is 21.6 Å². The van der Waals surface area contributed by atoms with E-state index in [1.807, 2.05) is 28.8 Å². The molecule has 3 rings (SSSR count). The van der Waals surface area contributed by atoms with Crippen LogP contribution in [0.2, 0.25) is 5.02 Å². The van der Waals surface area contributed by atoms with E-state index in [0.717, 1.165) is 22.6 Å². The van der Waals surface area contributed by atoms with Crippen LogP contribution in [0.4, 0.5) is 0 Å². The molecule has 0 radical (unpaired) electrons. The lowest BCUT2D eigenvalue weighted by atomic mass is 10.3. The molecule has 0 fully saturated rings. The van der Waals surface area contributed by atoms with E-state index in [2.05, 4.69) is 9.97 Å². The third kappa shape index (κ3) is 2.01. The number of hydrogen-bond donors (Lipinski definition) is 1. The van der Waals surface area contributed by atoms with Crippen molar-refractivity contribution < 1.29 is 4.74 Å². The topological polar surface area (TPSA) is 42.8 Å². The molecule has 0 amide bonds.